The van der Waals surface area contributed by atoms with Gasteiger partial charge in [-0.05, 0) is 32.8 Å². The molecule has 4 heterocycles. The predicted molar refractivity (Wildman–Crippen MR) is 123 cm³/mol. The number of aryl methyl sites for hydroxylation is 1. The Bertz CT molecular complexity index is 1360. The first-order valence-corrected chi connectivity index (χ1v) is 11.6. The Morgan fingerprint density at radius 3 is 2.69 bits per heavy atom. The number of aromatic nitrogens is 3. The molecule has 10 heteroatoms. The van der Waals surface area contributed by atoms with Crippen LogP contribution in [0.4, 0.5) is 19.0 Å². The Balaban J connectivity index is 1.72. The van der Waals surface area contributed by atoms with Crippen molar-refractivity contribution in [2.24, 2.45) is 4.99 Å². The van der Waals surface area contributed by atoms with Crippen LogP contribution < -0.4 is 10.8 Å². The van der Waals surface area contributed by atoms with E-state index in [1.54, 1.807) is 13.8 Å². The van der Waals surface area contributed by atoms with Gasteiger partial charge in [-0.25, -0.2) is 23.1 Å². The molecule has 4 aliphatic heterocycles. The van der Waals surface area contributed by atoms with Gasteiger partial charge >= 0.3 is 0 Å². The maximum absolute atomic E-state index is 14.8. The minimum absolute atomic E-state index is 0.0702. The van der Waals surface area contributed by atoms with Crippen molar-refractivity contribution in [1.29, 1.82) is 5.26 Å². The maximum atomic E-state index is 14.8. The Kier molecular flexibility index (Phi) is 5.97. The first-order chi connectivity index (χ1) is 16.8. The van der Waals surface area contributed by atoms with Crippen molar-refractivity contribution in [2.45, 2.75) is 51.1 Å². The van der Waals surface area contributed by atoms with E-state index in [9.17, 15) is 18.4 Å². The standard InChI is InChI=1S/C25H25F3N6O/c1-14(16-4-3-5-17(20(16)26)21(27)28)31-22-18-12-19(25(13-29)6-10-35-11-7-25)24-30-8-9-34(24)23(18)33-15(2)32-22/h3-5,12,14,21,30H,6-11H2,1-2H3. The summed E-state index contributed by atoms with van der Waals surface area (Å²) in [5.41, 5.74) is 0.510. The molecule has 0 bridgehead atoms. The van der Waals surface area contributed by atoms with E-state index < -0.39 is 29.3 Å². The van der Waals surface area contributed by atoms with Gasteiger partial charge in [-0.1, -0.05) is 18.2 Å². The summed E-state index contributed by atoms with van der Waals surface area (Å²) in [4.78, 5) is 13.8. The lowest BCUT2D eigenvalue weighted by Gasteiger charge is -2.33. The third-order valence-corrected chi connectivity index (χ3v) is 6.85. The molecule has 35 heavy (non-hydrogen) atoms. The lowest BCUT2D eigenvalue weighted by molar-refractivity contribution is 0.0676. The summed E-state index contributed by atoms with van der Waals surface area (Å²) in [6.07, 6.45) is -1.80. The van der Waals surface area contributed by atoms with Gasteiger partial charge in [0.15, 0.2) is 5.49 Å². The molecule has 1 saturated heterocycles. The average Bonchev–Trinajstić information content (AvgIpc) is 3.34. The molecule has 1 unspecified atom stereocenters. The summed E-state index contributed by atoms with van der Waals surface area (Å²) < 4.78 is 48.9. The molecule has 0 aromatic heterocycles. The van der Waals surface area contributed by atoms with Gasteiger partial charge in [-0.15, -0.1) is 0 Å². The number of rotatable bonds is 4. The first-order valence-electron chi connectivity index (χ1n) is 11.6. The normalized spacial score (nSPS) is 18.4. The third-order valence-electron chi connectivity index (χ3n) is 6.85. The Morgan fingerprint density at radius 2 is 1.97 bits per heavy atom. The van der Waals surface area contributed by atoms with Gasteiger partial charge in [-0.3, -0.25) is 4.99 Å². The van der Waals surface area contributed by atoms with Gasteiger partial charge in [0.05, 0.1) is 28.7 Å². The fraction of sp³-hybridized carbons (Fsp3) is 0.440. The van der Waals surface area contributed by atoms with Crippen molar-refractivity contribution >= 4 is 5.82 Å². The van der Waals surface area contributed by atoms with Gasteiger partial charge in [0, 0.05) is 37.4 Å². The number of benzene rings is 1. The number of pyridine rings is 1. The van der Waals surface area contributed by atoms with Crippen LogP contribution in [0.5, 0.6) is 0 Å². The molecule has 0 radical (unpaired) electrons. The first kappa shape index (κ1) is 23.3. The fourth-order valence-electron chi connectivity index (χ4n) is 4.98. The summed E-state index contributed by atoms with van der Waals surface area (Å²) >= 11 is 0. The van der Waals surface area contributed by atoms with Crippen molar-refractivity contribution in [3.05, 3.63) is 58.1 Å². The molecule has 1 aromatic rings. The second kappa shape index (κ2) is 8.96. The zero-order valence-electron chi connectivity index (χ0n) is 19.5. The minimum atomic E-state index is -2.92. The van der Waals surface area contributed by atoms with Gasteiger partial charge < -0.3 is 14.6 Å². The van der Waals surface area contributed by atoms with E-state index >= 15 is 0 Å². The van der Waals surface area contributed by atoms with Gasteiger partial charge in [0.2, 0.25) is 0 Å². The third kappa shape index (κ3) is 3.93. The number of alkyl halides is 2. The Morgan fingerprint density at radius 1 is 1.23 bits per heavy atom. The number of nitrogens with one attached hydrogen (secondary N) is 1. The number of halogens is 3. The van der Waals surface area contributed by atoms with E-state index in [0.717, 1.165) is 17.4 Å². The number of nitriles is 1. The second-order valence-corrected chi connectivity index (χ2v) is 8.98. The van der Waals surface area contributed by atoms with E-state index in [1.165, 1.54) is 12.1 Å². The van der Waals surface area contributed by atoms with Crippen molar-refractivity contribution in [3.63, 3.8) is 0 Å². The number of ether oxygens (including phenoxy) is 1. The van der Waals surface area contributed by atoms with Crippen molar-refractivity contribution in [3.8, 4) is 17.5 Å². The summed E-state index contributed by atoms with van der Waals surface area (Å²) in [7, 11) is 0. The fourth-order valence-corrected chi connectivity index (χ4v) is 4.98. The number of fused-ring (bicyclic) bond motifs is 3. The zero-order valence-corrected chi connectivity index (χ0v) is 19.5. The number of hydrogen-bond acceptors (Lipinski definition) is 6. The van der Waals surface area contributed by atoms with Crippen LogP contribution in [0.15, 0.2) is 29.3 Å². The average molecular weight is 483 g/mol. The highest BCUT2D eigenvalue weighted by Gasteiger charge is 2.40. The predicted octanol–water partition coefficient (Wildman–Crippen LogP) is 4.43. The summed E-state index contributed by atoms with van der Waals surface area (Å²) in [5, 5.41) is 13.6. The lowest BCUT2D eigenvalue weighted by atomic mass is 9.75. The van der Waals surface area contributed by atoms with Crippen LogP contribution in [-0.2, 0) is 16.7 Å². The van der Waals surface area contributed by atoms with Crippen LogP contribution in [0.2, 0.25) is 0 Å². The SMILES string of the molecule is Cc1nc2n3c(c(C4(C#N)CCOCC4)cc-2c(=NC(C)c2cccc(C(F)F)c2F)n1)NCC3. The molecule has 0 spiro atoms. The van der Waals surface area contributed by atoms with Crippen LogP contribution in [0.25, 0.3) is 11.4 Å². The van der Waals surface area contributed by atoms with E-state index in [-0.39, 0.29) is 5.56 Å². The van der Waals surface area contributed by atoms with E-state index in [1.807, 2.05) is 10.6 Å². The number of nitrogens with zero attached hydrogens (tertiary/aromatic N) is 5. The largest absolute Gasteiger partial charge is 0.381 e. The molecule has 0 aliphatic carbocycles. The van der Waals surface area contributed by atoms with Crippen LogP contribution in [0.3, 0.4) is 0 Å². The number of hydrogen-bond donors (Lipinski definition) is 1. The second-order valence-electron chi connectivity index (χ2n) is 8.98. The smallest absolute Gasteiger partial charge is 0.266 e. The van der Waals surface area contributed by atoms with Crippen molar-refractivity contribution < 1.29 is 17.9 Å². The molecule has 4 aliphatic rings. The van der Waals surface area contributed by atoms with Crippen molar-refractivity contribution in [1.82, 2.24) is 14.5 Å². The van der Waals surface area contributed by atoms with Crippen LogP contribution >= 0.6 is 0 Å². The molecule has 1 aromatic carbocycles. The molecule has 1 atom stereocenters. The van der Waals surface area contributed by atoms with Crippen molar-refractivity contribution in [2.75, 3.05) is 25.1 Å². The quantitative estimate of drug-likeness (QED) is 0.595. The number of anilines is 1. The Labute approximate surface area is 200 Å². The monoisotopic (exact) mass is 482 g/mol. The maximum Gasteiger partial charge on any atom is 0.266 e. The van der Waals surface area contributed by atoms with E-state index in [4.69, 9.17) is 4.74 Å². The molecule has 182 valence electrons. The molecule has 5 rings (SSSR count). The molecule has 0 amide bonds. The van der Waals surface area contributed by atoms with E-state index in [2.05, 4.69) is 26.3 Å². The van der Waals surface area contributed by atoms with Crippen LogP contribution in [0.1, 0.15) is 54.7 Å². The van der Waals surface area contributed by atoms with Gasteiger partial charge in [-0.2, -0.15) is 5.26 Å². The highest BCUT2D eigenvalue weighted by molar-refractivity contribution is 5.68. The molecular weight excluding hydrogens is 457 g/mol. The molecule has 0 saturated carbocycles. The molecule has 1 fully saturated rings. The lowest BCUT2D eigenvalue weighted by Crippen LogP contribution is -2.34. The van der Waals surface area contributed by atoms with E-state index in [0.29, 0.717) is 61.8 Å². The van der Waals surface area contributed by atoms with Gasteiger partial charge in [0.25, 0.3) is 6.43 Å². The van der Waals surface area contributed by atoms with Crippen LogP contribution in [-0.4, -0.2) is 34.3 Å². The molecule has 1 N–H and O–H groups in total. The summed E-state index contributed by atoms with van der Waals surface area (Å²) in [6, 6.07) is 7.61. The van der Waals surface area contributed by atoms with Crippen LogP contribution in [0, 0.1) is 24.1 Å². The molecular formula is C25H25F3N6O. The zero-order chi connectivity index (χ0) is 24.7. The molecule has 7 nitrogen and oxygen atoms in total. The highest BCUT2D eigenvalue weighted by atomic mass is 19.3. The topological polar surface area (TPSA) is 88.1 Å². The highest BCUT2D eigenvalue weighted by Crippen LogP contribution is 2.42. The van der Waals surface area contributed by atoms with Gasteiger partial charge in [0.1, 0.15) is 23.3 Å². The summed E-state index contributed by atoms with van der Waals surface area (Å²) in [5.74, 6) is 1.04. The Hall–Kier alpha value is -3.45. The minimum Gasteiger partial charge on any atom is -0.381 e. The summed E-state index contributed by atoms with van der Waals surface area (Å²) in [6.45, 7) is 5.73.